The van der Waals surface area contributed by atoms with E-state index in [1.54, 1.807) is 0 Å². The van der Waals surface area contributed by atoms with Crippen molar-refractivity contribution in [1.29, 1.82) is 0 Å². The Morgan fingerprint density at radius 1 is 1.64 bits per heavy atom. The highest BCUT2D eigenvalue weighted by Gasteiger charge is 2.48. The lowest BCUT2D eigenvalue weighted by Crippen LogP contribution is -2.45. The molecule has 1 unspecified atom stereocenters. The molecule has 4 atom stereocenters. The number of hydrogen-bond acceptors (Lipinski definition) is 4. The maximum absolute atomic E-state index is 9.53. The summed E-state index contributed by atoms with van der Waals surface area (Å²) in [6.07, 6.45) is -0.938. The van der Waals surface area contributed by atoms with E-state index in [1.165, 1.54) is 18.7 Å². The summed E-state index contributed by atoms with van der Waals surface area (Å²) in [5.74, 6) is 0. The van der Waals surface area contributed by atoms with E-state index in [0.29, 0.717) is 0 Å². The fraction of sp³-hybridized carbons (Fsp3) is 1.00. The van der Waals surface area contributed by atoms with Crippen LogP contribution in [-0.4, -0.2) is 51.9 Å². The van der Waals surface area contributed by atoms with Gasteiger partial charge in [0.15, 0.2) is 0 Å². The van der Waals surface area contributed by atoms with E-state index in [1.807, 2.05) is 0 Å². The zero-order valence-electron chi connectivity index (χ0n) is 6.27. The van der Waals surface area contributed by atoms with Gasteiger partial charge in [-0.1, -0.05) is 0 Å². The molecule has 0 aromatic rings. The van der Waals surface area contributed by atoms with Crippen molar-refractivity contribution in [3.8, 4) is 0 Å². The Morgan fingerprint density at radius 3 is 2.36 bits per heavy atom. The third kappa shape index (κ3) is 1.43. The van der Waals surface area contributed by atoms with Gasteiger partial charge in [0.05, 0.1) is 31.4 Å². The molecule has 0 amide bonds. The zero-order valence-corrected chi connectivity index (χ0v) is 7.08. The van der Waals surface area contributed by atoms with E-state index in [4.69, 9.17) is 13.0 Å². The number of rotatable bonds is 1. The van der Waals surface area contributed by atoms with Crippen LogP contribution < -0.4 is 0 Å². The molecular formula is C6H11BO3S. The lowest BCUT2D eigenvalue weighted by Gasteiger charge is -2.25. The van der Waals surface area contributed by atoms with E-state index < -0.39 is 16.9 Å². The summed E-state index contributed by atoms with van der Waals surface area (Å²) in [6.45, 7) is 1.32. The van der Waals surface area contributed by atoms with Gasteiger partial charge in [0, 0.05) is 0 Å². The second-order valence-corrected chi connectivity index (χ2v) is 4.33. The summed E-state index contributed by atoms with van der Waals surface area (Å²) in [6, 6.07) is 0. The Morgan fingerprint density at radius 2 is 2.18 bits per heavy atom. The first-order valence-electron chi connectivity index (χ1n) is 3.42. The van der Waals surface area contributed by atoms with Crippen LogP contribution in [0.15, 0.2) is 0 Å². The minimum atomic E-state index is -1.28. The molecule has 1 saturated heterocycles. The van der Waals surface area contributed by atoms with E-state index in [9.17, 15) is 10.2 Å². The van der Waals surface area contributed by atoms with E-state index in [2.05, 4.69) is 0 Å². The van der Waals surface area contributed by atoms with Crippen molar-refractivity contribution in [2.24, 2.45) is 0 Å². The van der Waals surface area contributed by atoms with Gasteiger partial charge in [-0.3, -0.25) is 0 Å². The highest BCUT2D eigenvalue weighted by molar-refractivity contribution is 8.02. The molecule has 0 aliphatic carbocycles. The zero-order chi connectivity index (χ0) is 8.65. The van der Waals surface area contributed by atoms with Gasteiger partial charge in [-0.15, -0.1) is 0 Å². The molecule has 3 N–H and O–H groups in total. The summed E-state index contributed by atoms with van der Waals surface area (Å²) in [5, 5.41) is 26.8. The predicted octanol–water partition coefficient (Wildman–Crippen LogP) is -1.30. The van der Waals surface area contributed by atoms with Crippen LogP contribution in [0.5, 0.6) is 0 Å². The molecule has 0 aromatic carbocycles. The fourth-order valence-electron chi connectivity index (χ4n) is 1.09. The predicted molar refractivity (Wildman–Crippen MR) is 44.6 cm³/mol. The molecule has 2 radical (unpaired) electrons. The molecule has 0 spiro atoms. The molecule has 1 heterocycles. The van der Waals surface area contributed by atoms with Crippen LogP contribution in [0.3, 0.4) is 0 Å². The average Bonchev–Trinajstić information content (AvgIpc) is 2.14. The average molecular weight is 174 g/mol. The van der Waals surface area contributed by atoms with Crippen LogP contribution in [0.4, 0.5) is 0 Å². The molecule has 1 fully saturated rings. The van der Waals surface area contributed by atoms with Gasteiger partial charge in [-0.2, -0.15) is 11.8 Å². The highest BCUT2D eigenvalue weighted by Crippen LogP contribution is 2.39. The van der Waals surface area contributed by atoms with Crippen LogP contribution >= 0.6 is 11.8 Å². The quantitative estimate of drug-likeness (QED) is 0.432. The van der Waals surface area contributed by atoms with Crippen molar-refractivity contribution in [2.45, 2.75) is 29.0 Å². The van der Waals surface area contributed by atoms with Gasteiger partial charge in [-0.25, -0.2) is 0 Å². The van der Waals surface area contributed by atoms with Gasteiger partial charge in [0.1, 0.15) is 0 Å². The maximum Gasteiger partial charge on any atom is 0.0967 e. The van der Waals surface area contributed by atoms with E-state index in [-0.39, 0.29) is 11.9 Å². The third-order valence-corrected chi connectivity index (χ3v) is 3.56. The molecule has 11 heavy (non-hydrogen) atoms. The Hall–Kier alpha value is 0.295. The van der Waals surface area contributed by atoms with E-state index >= 15 is 0 Å². The Bertz CT molecular complexity index is 153. The Labute approximate surface area is 71.2 Å². The van der Waals surface area contributed by atoms with Crippen molar-refractivity contribution in [1.82, 2.24) is 0 Å². The normalized spacial score (nSPS) is 51.5. The molecule has 5 heteroatoms. The molecule has 1 aliphatic rings. The standard InChI is InChI=1S/C6H11BO3S/c1-6(10)4(9)3(2-8)11-5(6)7/h3-5,8-10H,2H2,1H3/t3-,4?,5-,6-/m1/s1. The van der Waals surface area contributed by atoms with Gasteiger partial charge in [0.25, 0.3) is 0 Å². The second-order valence-electron chi connectivity index (χ2n) is 2.95. The summed E-state index contributed by atoms with van der Waals surface area (Å²) in [7, 11) is 5.51. The van der Waals surface area contributed by atoms with Crippen molar-refractivity contribution in [3.63, 3.8) is 0 Å². The van der Waals surface area contributed by atoms with Gasteiger partial charge >= 0.3 is 0 Å². The molecule has 1 rings (SSSR count). The van der Waals surface area contributed by atoms with Crippen LogP contribution in [0.2, 0.25) is 0 Å². The third-order valence-electron chi connectivity index (χ3n) is 2.03. The minimum absolute atomic E-state index is 0.157. The maximum atomic E-state index is 9.53. The summed E-state index contributed by atoms with van der Waals surface area (Å²) in [4.78, 5) is 0. The minimum Gasteiger partial charge on any atom is -0.395 e. The van der Waals surface area contributed by atoms with Crippen LogP contribution in [0, 0.1) is 0 Å². The van der Waals surface area contributed by atoms with Gasteiger partial charge < -0.3 is 15.3 Å². The largest absolute Gasteiger partial charge is 0.395 e. The first-order valence-corrected chi connectivity index (χ1v) is 4.36. The van der Waals surface area contributed by atoms with Crippen LogP contribution in [0.1, 0.15) is 6.92 Å². The van der Waals surface area contributed by atoms with Crippen molar-refractivity contribution >= 4 is 19.6 Å². The lowest BCUT2D eigenvalue weighted by molar-refractivity contribution is -0.0465. The number of aliphatic hydroxyl groups excluding tert-OH is 2. The van der Waals surface area contributed by atoms with Crippen LogP contribution in [0.25, 0.3) is 0 Å². The fourth-order valence-corrected chi connectivity index (χ4v) is 2.39. The van der Waals surface area contributed by atoms with Crippen molar-refractivity contribution < 1.29 is 15.3 Å². The molecule has 3 nitrogen and oxygen atoms in total. The summed E-state index contributed by atoms with van der Waals surface area (Å²) < 4.78 is 0. The monoisotopic (exact) mass is 174 g/mol. The molecular weight excluding hydrogens is 163 g/mol. The SMILES string of the molecule is [B][C@@H]1S[C@H](CO)C(O)[C@@]1(C)O. The lowest BCUT2D eigenvalue weighted by atomic mass is 9.83. The summed E-state index contributed by atoms with van der Waals surface area (Å²) >= 11 is 1.21. The highest BCUT2D eigenvalue weighted by atomic mass is 32.2. The Balaban J connectivity index is 2.71. The first-order chi connectivity index (χ1) is 5.00. The van der Waals surface area contributed by atoms with Crippen LogP contribution in [-0.2, 0) is 0 Å². The molecule has 62 valence electrons. The first kappa shape index (κ1) is 9.38. The second kappa shape index (κ2) is 2.97. The van der Waals surface area contributed by atoms with E-state index in [0.717, 1.165) is 0 Å². The smallest absolute Gasteiger partial charge is 0.0967 e. The van der Waals surface area contributed by atoms with Gasteiger partial charge in [0.2, 0.25) is 0 Å². The van der Waals surface area contributed by atoms with Crippen molar-refractivity contribution in [3.05, 3.63) is 0 Å². The molecule has 0 saturated carbocycles. The molecule has 0 aromatic heterocycles. The number of hydrogen-bond donors (Lipinski definition) is 3. The van der Waals surface area contributed by atoms with Crippen molar-refractivity contribution in [2.75, 3.05) is 6.61 Å². The molecule has 1 aliphatic heterocycles. The topological polar surface area (TPSA) is 60.7 Å². The Kier molecular flexibility index (Phi) is 2.54. The number of thioether (sulfide) groups is 1. The number of aliphatic hydroxyl groups is 3. The molecule has 0 bridgehead atoms. The summed E-state index contributed by atoms with van der Waals surface area (Å²) in [5.41, 5.74) is -1.28. The van der Waals surface area contributed by atoms with Gasteiger partial charge in [-0.05, 0) is 12.1 Å².